The van der Waals surface area contributed by atoms with Crippen molar-refractivity contribution in [1.29, 1.82) is 0 Å². The van der Waals surface area contributed by atoms with Gasteiger partial charge in [0.05, 0.1) is 6.20 Å². The lowest BCUT2D eigenvalue weighted by Crippen LogP contribution is -2.53. The SMILES string of the molecule is Cn1cc(CN2CCC3(CC2)NC(=O)C[C@@H]3c2ccncc2)cn1. The summed E-state index contributed by atoms with van der Waals surface area (Å²) in [5.41, 5.74) is 2.38. The molecule has 1 atom stereocenters. The Hall–Kier alpha value is -2.21. The molecule has 0 bridgehead atoms. The summed E-state index contributed by atoms with van der Waals surface area (Å²) in [4.78, 5) is 18.7. The van der Waals surface area contributed by atoms with Crippen LogP contribution in [0.4, 0.5) is 0 Å². The zero-order valence-electron chi connectivity index (χ0n) is 14.0. The monoisotopic (exact) mass is 325 g/mol. The van der Waals surface area contributed by atoms with Gasteiger partial charge in [0, 0.05) is 68.7 Å². The van der Waals surface area contributed by atoms with Crippen LogP contribution in [-0.4, -0.2) is 44.2 Å². The van der Waals surface area contributed by atoms with Crippen molar-refractivity contribution in [3.8, 4) is 0 Å². The molecule has 6 heteroatoms. The van der Waals surface area contributed by atoms with Crippen molar-refractivity contribution in [1.82, 2.24) is 25.0 Å². The molecule has 0 aliphatic carbocycles. The van der Waals surface area contributed by atoms with Crippen molar-refractivity contribution in [2.24, 2.45) is 7.05 Å². The smallest absolute Gasteiger partial charge is 0.221 e. The Bertz CT molecular complexity index is 718. The summed E-state index contributed by atoms with van der Waals surface area (Å²) < 4.78 is 1.84. The van der Waals surface area contributed by atoms with E-state index in [4.69, 9.17) is 0 Å². The largest absolute Gasteiger partial charge is 0.350 e. The van der Waals surface area contributed by atoms with E-state index in [0.29, 0.717) is 6.42 Å². The van der Waals surface area contributed by atoms with E-state index in [1.165, 1.54) is 11.1 Å². The van der Waals surface area contributed by atoms with Gasteiger partial charge in [-0.15, -0.1) is 0 Å². The van der Waals surface area contributed by atoms with Crippen molar-refractivity contribution in [2.75, 3.05) is 13.1 Å². The molecule has 0 unspecified atom stereocenters. The minimum Gasteiger partial charge on any atom is -0.350 e. The van der Waals surface area contributed by atoms with E-state index < -0.39 is 0 Å². The third-order valence-electron chi connectivity index (χ3n) is 5.47. The van der Waals surface area contributed by atoms with E-state index in [0.717, 1.165) is 32.5 Å². The highest BCUT2D eigenvalue weighted by molar-refractivity contribution is 5.81. The standard InChI is InChI=1S/C18H23N5O/c1-22-12-14(11-20-22)13-23-8-4-18(5-9-23)16(10-17(24)21-18)15-2-6-19-7-3-15/h2-3,6-7,11-12,16H,4-5,8-10,13H2,1H3,(H,21,24)/t16-/m1/s1. The second kappa shape index (κ2) is 6.02. The number of amides is 1. The first kappa shape index (κ1) is 15.3. The maximum Gasteiger partial charge on any atom is 0.221 e. The minimum atomic E-state index is -0.0934. The van der Waals surface area contributed by atoms with E-state index in [2.05, 4.69) is 38.6 Å². The van der Waals surface area contributed by atoms with Gasteiger partial charge in [0.25, 0.3) is 0 Å². The molecule has 1 spiro atoms. The van der Waals surface area contributed by atoms with E-state index in [9.17, 15) is 4.79 Å². The van der Waals surface area contributed by atoms with Gasteiger partial charge in [0.2, 0.25) is 5.91 Å². The van der Waals surface area contributed by atoms with Crippen molar-refractivity contribution < 1.29 is 4.79 Å². The number of carbonyl (C=O) groups is 1. The molecule has 2 aliphatic heterocycles. The fraction of sp³-hybridized carbons (Fsp3) is 0.500. The summed E-state index contributed by atoms with van der Waals surface area (Å²) in [6.07, 6.45) is 10.2. The minimum absolute atomic E-state index is 0.0934. The molecule has 24 heavy (non-hydrogen) atoms. The Kier molecular flexibility index (Phi) is 3.84. The molecule has 0 saturated carbocycles. The molecule has 6 nitrogen and oxygen atoms in total. The Morgan fingerprint density at radius 2 is 2.04 bits per heavy atom. The first-order valence-electron chi connectivity index (χ1n) is 8.55. The van der Waals surface area contributed by atoms with E-state index >= 15 is 0 Å². The van der Waals surface area contributed by atoms with Crippen LogP contribution in [0.15, 0.2) is 36.9 Å². The summed E-state index contributed by atoms with van der Waals surface area (Å²) in [5.74, 6) is 0.436. The maximum absolute atomic E-state index is 12.1. The number of aromatic nitrogens is 3. The lowest BCUT2D eigenvalue weighted by Gasteiger charge is -2.43. The van der Waals surface area contributed by atoms with E-state index in [-0.39, 0.29) is 17.4 Å². The van der Waals surface area contributed by atoms with Gasteiger partial charge >= 0.3 is 0 Å². The van der Waals surface area contributed by atoms with E-state index in [1.807, 2.05) is 30.3 Å². The first-order valence-corrected chi connectivity index (χ1v) is 8.55. The predicted octanol–water partition coefficient (Wildman–Crippen LogP) is 1.45. The van der Waals surface area contributed by atoms with Gasteiger partial charge in [0.1, 0.15) is 0 Å². The average Bonchev–Trinajstić information content (AvgIpc) is 3.14. The van der Waals surface area contributed by atoms with Crippen LogP contribution >= 0.6 is 0 Å². The van der Waals surface area contributed by atoms with Gasteiger partial charge in [0.15, 0.2) is 0 Å². The van der Waals surface area contributed by atoms with Gasteiger partial charge in [-0.2, -0.15) is 5.10 Å². The molecule has 0 radical (unpaired) electrons. The van der Waals surface area contributed by atoms with Gasteiger partial charge in [-0.05, 0) is 30.5 Å². The van der Waals surface area contributed by atoms with Gasteiger partial charge in [-0.25, -0.2) is 0 Å². The summed E-state index contributed by atoms with van der Waals surface area (Å²) in [6.45, 7) is 2.92. The third kappa shape index (κ3) is 2.82. The van der Waals surface area contributed by atoms with Crippen molar-refractivity contribution in [3.05, 3.63) is 48.0 Å². The number of likely N-dealkylation sites (tertiary alicyclic amines) is 1. The quantitative estimate of drug-likeness (QED) is 0.928. The second-order valence-corrected chi connectivity index (χ2v) is 7.04. The highest BCUT2D eigenvalue weighted by atomic mass is 16.2. The van der Waals surface area contributed by atoms with Crippen LogP contribution in [0.3, 0.4) is 0 Å². The summed E-state index contributed by atoms with van der Waals surface area (Å²) in [5, 5.41) is 7.55. The van der Waals surface area contributed by atoms with Crippen LogP contribution in [-0.2, 0) is 18.4 Å². The van der Waals surface area contributed by atoms with Crippen molar-refractivity contribution in [2.45, 2.75) is 37.3 Å². The zero-order valence-corrected chi connectivity index (χ0v) is 14.0. The lowest BCUT2D eigenvalue weighted by atomic mass is 9.74. The second-order valence-electron chi connectivity index (χ2n) is 7.04. The molecule has 1 N–H and O–H groups in total. The highest BCUT2D eigenvalue weighted by Gasteiger charge is 2.48. The van der Waals surface area contributed by atoms with Crippen LogP contribution in [0.1, 0.15) is 36.3 Å². The van der Waals surface area contributed by atoms with E-state index in [1.54, 1.807) is 0 Å². The lowest BCUT2D eigenvalue weighted by molar-refractivity contribution is -0.120. The molecule has 1 amide bonds. The normalized spacial score (nSPS) is 23.5. The molecule has 4 rings (SSSR count). The van der Waals surface area contributed by atoms with Gasteiger partial charge in [-0.3, -0.25) is 19.4 Å². The number of pyridine rings is 1. The summed E-state index contributed by atoms with van der Waals surface area (Å²) >= 11 is 0. The molecule has 2 fully saturated rings. The molecule has 2 aromatic heterocycles. The Labute approximate surface area is 141 Å². The fourth-order valence-corrected chi connectivity index (χ4v) is 4.22. The number of piperidine rings is 1. The first-order chi connectivity index (χ1) is 11.6. The number of hydrogen-bond donors (Lipinski definition) is 1. The van der Waals surface area contributed by atoms with Crippen LogP contribution in [0.25, 0.3) is 0 Å². The molecule has 0 aromatic carbocycles. The Morgan fingerprint density at radius 3 is 2.71 bits per heavy atom. The molecule has 126 valence electrons. The summed E-state index contributed by atoms with van der Waals surface area (Å²) in [7, 11) is 1.95. The summed E-state index contributed by atoms with van der Waals surface area (Å²) in [6, 6.07) is 4.10. The molecular formula is C18H23N5O. The Morgan fingerprint density at radius 1 is 1.29 bits per heavy atom. The maximum atomic E-state index is 12.1. The fourth-order valence-electron chi connectivity index (χ4n) is 4.22. The predicted molar refractivity (Wildman–Crippen MR) is 90.2 cm³/mol. The van der Waals surface area contributed by atoms with Crippen LogP contribution in [0.5, 0.6) is 0 Å². The number of rotatable bonds is 3. The van der Waals surface area contributed by atoms with Crippen molar-refractivity contribution >= 4 is 5.91 Å². The topological polar surface area (TPSA) is 63.0 Å². The number of nitrogens with one attached hydrogen (secondary N) is 1. The Balaban J connectivity index is 1.47. The third-order valence-corrected chi connectivity index (χ3v) is 5.47. The van der Waals surface area contributed by atoms with Gasteiger partial charge in [-0.1, -0.05) is 0 Å². The van der Waals surface area contributed by atoms with Gasteiger partial charge < -0.3 is 5.32 Å². The van der Waals surface area contributed by atoms with Crippen molar-refractivity contribution in [3.63, 3.8) is 0 Å². The molecule has 2 saturated heterocycles. The molecule has 2 aromatic rings. The highest BCUT2D eigenvalue weighted by Crippen LogP contribution is 2.43. The number of nitrogens with zero attached hydrogens (tertiary/aromatic N) is 4. The molecular weight excluding hydrogens is 302 g/mol. The number of aryl methyl sites for hydroxylation is 1. The average molecular weight is 325 g/mol. The number of hydrogen-bond acceptors (Lipinski definition) is 4. The van der Waals surface area contributed by atoms with Crippen LogP contribution < -0.4 is 5.32 Å². The van der Waals surface area contributed by atoms with Crippen LogP contribution in [0, 0.1) is 0 Å². The number of carbonyl (C=O) groups excluding carboxylic acids is 1. The molecule has 4 heterocycles. The van der Waals surface area contributed by atoms with Crippen LogP contribution in [0.2, 0.25) is 0 Å². The molecule has 2 aliphatic rings. The zero-order chi connectivity index (χ0) is 16.6.